The molecular formula is C31H33N3O. The fourth-order valence-corrected chi connectivity index (χ4v) is 4.97. The Morgan fingerprint density at radius 2 is 1.66 bits per heavy atom. The van der Waals surface area contributed by atoms with E-state index < -0.39 is 0 Å². The number of benzene rings is 3. The Balaban J connectivity index is 1.36. The molecule has 4 aromatic rings. The van der Waals surface area contributed by atoms with Crippen LogP contribution in [0, 0.1) is 20.8 Å². The summed E-state index contributed by atoms with van der Waals surface area (Å²) >= 11 is 0. The molecule has 1 fully saturated rings. The lowest BCUT2D eigenvalue weighted by Gasteiger charge is -2.32. The van der Waals surface area contributed by atoms with Crippen molar-refractivity contribution >= 4 is 16.8 Å². The van der Waals surface area contributed by atoms with Crippen LogP contribution in [-0.4, -0.2) is 34.9 Å². The average molecular weight is 464 g/mol. The Kier molecular flexibility index (Phi) is 6.65. The number of nitrogens with one attached hydrogen (secondary N) is 1. The fourth-order valence-electron chi connectivity index (χ4n) is 4.97. The molecule has 35 heavy (non-hydrogen) atoms. The smallest absolute Gasteiger partial charge is 0.252 e. The maximum atomic E-state index is 13.6. The van der Waals surface area contributed by atoms with Gasteiger partial charge in [-0.15, -0.1) is 0 Å². The molecular weight excluding hydrogens is 430 g/mol. The molecule has 4 nitrogen and oxygen atoms in total. The largest absolute Gasteiger partial charge is 0.349 e. The van der Waals surface area contributed by atoms with E-state index in [1.807, 2.05) is 18.2 Å². The van der Waals surface area contributed by atoms with E-state index in [1.54, 1.807) is 0 Å². The molecule has 5 rings (SSSR count). The van der Waals surface area contributed by atoms with E-state index in [1.165, 1.54) is 16.7 Å². The minimum atomic E-state index is -0.00501. The molecule has 4 heteroatoms. The SMILES string of the molecule is Cc1ccc(-c2cc(C(=O)NC3CCN(Cc4ccccc4)CC3)c3cccc(C)c3n2)cc1C. The molecule has 0 unspecified atom stereocenters. The van der Waals surface area contributed by atoms with Gasteiger partial charge >= 0.3 is 0 Å². The second kappa shape index (κ2) is 10.0. The summed E-state index contributed by atoms with van der Waals surface area (Å²) in [7, 11) is 0. The highest BCUT2D eigenvalue weighted by atomic mass is 16.1. The van der Waals surface area contributed by atoms with E-state index in [-0.39, 0.29) is 11.9 Å². The summed E-state index contributed by atoms with van der Waals surface area (Å²) in [5, 5.41) is 4.25. The molecule has 1 saturated heterocycles. The molecule has 0 atom stereocenters. The van der Waals surface area contributed by atoms with Gasteiger partial charge in [0.2, 0.25) is 0 Å². The monoisotopic (exact) mass is 463 g/mol. The molecule has 1 aliphatic rings. The maximum Gasteiger partial charge on any atom is 0.252 e. The number of hydrogen-bond acceptors (Lipinski definition) is 3. The summed E-state index contributed by atoms with van der Waals surface area (Å²) in [5.74, 6) is -0.00501. The van der Waals surface area contributed by atoms with E-state index >= 15 is 0 Å². The van der Waals surface area contributed by atoms with Crippen molar-refractivity contribution in [2.75, 3.05) is 13.1 Å². The Morgan fingerprint density at radius 3 is 2.40 bits per heavy atom. The number of fused-ring (bicyclic) bond motifs is 1. The van der Waals surface area contributed by atoms with E-state index in [0.717, 1.165) is 60.2 Å². The van der Waals surface area contributed by atoms with E-state index in [2.05, 4.69) is 85.6 Å². The third-order valence-electron chi connectivity index (χ3n) is 7.26. The first-order valence-electron chi connectivity index (χ1n) is 12.5. The van der Waals surface area contributed by atoms with Gasteiger partial charge in [-0.25, -0.2) is 4.98 Å². The summed E-state index contributed by atoms with van der Waals surface area (Å²) in [4.78, 5) is 21.0. The lowest BCUT2D eigenvalue weighted by molar-refractivity contribution is 0.0910. The van der Waals surface area contributed by atoms with Crippen LogP contribution in [0.1, 0.15) is 45.5 Å². The predicted octanol–water partition coefficient (Wildman–Crippen LogP) is 6.22. The van der Waals surface area contributed by atoms with E-state index in [4.69, 9.17) is 4.98 Å². The topological polar surface area (TPSA) is 45.2 Å². The van der Waals surface area contributed by atoms with Crippen molar-refractivity contribution < 1.29 is 4.79 Å². The number of aromatic nitrogens is 1. The molecule has 0 saturated carbocycles. The molecule has 2 heterocycles. The average Bonchev–Trinajstić information content (AvgIpc) is 2.87. The van der Waals surface area contributed by atoms with Gasteiger partial charge in [-0.3, -0.25) is 9.69 Å². The minimum absolute atomic E-state index is 0.00501. The molecule has 1 aromatic heterocycles. The van der Waals surface area contributed by atoms with Crippen molar-refractivity contribution in [3.05, 3.63) is 101 Å². The molecule has 0 spiro atoms. The quantitative estimate of drug-likeness (QED) is 0.382. The number of piperidine rings is 1. The van der Waals surface area contributed by atoms with E-state index in [0.29, 0.717) is 5.56 Å². The molecule has 0 radical (unpaired) electrons. The van der Waals surface area contributed by atoms with Gasteiger partial charge in [0.25, 0.3) is 5.91 Å². The lowest BCUT2D eigenvalue weighted by atomic mass is 9.98. The number of pyridine rings is 1. The molecule has 1 N–H and O–H groups in total. The summed E-state index contributed by atoms with van der Waals surface area (Å²) in [6.07, 6.45) is 1.93. The van der Waals surface area contributed by atoms with Crippen molar-refractivity contribution in [1.29, 1.82) is 0 Å². The van der Waals surface area contributed by atoms with Crippen molar-refractivity contribution in [1.82, 2.24) is 15.2 Å². The number of amides is 1. The summed E-state index contributed by atoms with van der Waals surface area (Å²) in [5.41, 5.74) is 8.39. The van der Waals surface area contributed by atoms with Gasteiger partial charge in [0.05, 0.1) is 16.8 Å². The molecule has 3 aromatic carbocycles. The number of likely N-dealkylation sites (tertiary alicyclic amines) is 1. The van der Waals surface area contributed by atoms with Gasteiger partial charge < -0.3 is 5.32 Å². The highest BCUT2D eigenvalue weighted by Crippen LogP contribution is 2.28. The summed E-state index contributed by atoms with van der Waals surface area (Å²) in [6, 6.07) is 25.2. The zero-order valence-electron chi connectivity index (χ0n) is 20.8. The first-order chi connectivity index (χ1) is 17.0. The Hall–Kier alpha value is -3.50. The number of carbonyl (C=O) groups excluding carboxylic acids is 1. The number of hydrogen-bond donors (Lipinski definition) is 1. The zero-order valence-corrected chi connectivity index (χ0v) is 20.8. The highest BCUT2D eigenvalue weighted by molar-refractivity contribution is 6.08. The van der Waals surface area contributed by atoms with Crippen LogP contribution in [0.25, 0.3) is 22.2 Å². The van der Waals surface area contributed by atoms with Gasteiger partial charge in [0.15, 0.2) is 0 Å². The van der Waals surface area contributed by atoms with Crippen LogP contribution >= 0.6 is 0 Å². The second-order valence-electron chi connectivity index (χ2n) is 9.83. The third kappa shape index (κ3) is 5.13. The van der Waals surface area contributed by atoms with Crippen LogP contribution in [0.5, 0.6) is 0 Å². The predicted molar refractivity (Wildman–Crippen MR) is 144 cm³/mol. The van der Waals surface area contributed by atoms with Crippen LogP contribution in [0.15, 0.2) is 72.8 Å². The molecule has 1 aliphatic heterocycles. The standard InChI is InChI=1S/C31H33N3O/c1-21-12-13-25(18-23(21)3)29-19-28(27-11-7-8-22(2)30(27)33-29)31(35)32-26-14-16-34(17-15-26)20-24-9-5-4-6-10-24/h4-13,18-19,26H,14-17,20H2,1-3H3,(H,32,35). The maximum absolute atomic E-state index is 13.6. The molecule has 1 amide bonds. The zero-order chi connectivity index (χ0) is 24.4. The van der Waals surface area contributed by atoms with E-state index in [9.17, 15) is 4.79 Å². The lowest BCUT2D eigenvalue weighted by Crippen LogP contribution is -2.44. The summed E-state index contributed by atoms with van der Waals surface area (Å²) < 4.78 is 0. The van der Waals surface area contributed by atoms with Crippen LogP contribution < -0.4 is 5.32 Å². The van der Waals surface area contributed by atoms with Gasteiger partial charge in [-0.1, -0.05) is 60.7 Å². The van der Waals surface area contributed by atoms with Gasteiger partial charge in [-0.05, 0) is 68.0 Å². The van der Waals surface area contributed by atoms with Crippen molar-refractivity contribution in [3.8, 4) is 11.3 Å². The third-order valence-corrected chi connectivity index (χ3v) is 7.26. The normalized spacial score (nSPS) is 14.8. The molecule has 0 aliphatic carbocycles. The van der Waals surface area contributed by atoms with Crippen LogP contribution in [0.3, 0.4) is 0 Å². The number of aryl methyl sites for hydroxylation is 3. The van der Waals surface area contributed by atoms with Crippen molar-refractivity contribution in [3.63, 3.8) is 0 Å². The Bertz CT molecular complexity index is 1350. The van der Waals surface area contributed by atoms with Crippen LogP contribution in [0.4, 0.5) is 0 Å². The molecule has 0 bridgehead atoms. The number of para-hydroxylation sites is 1. The molecule has 178 valence electrons. The van der Waals surface area contributed by atoms with Gasteiger partial charge in [-0.2, -0.15) is 0 Å². The minimum Gasteiger partial charge on any atom is -0.349 e. The first kappa shape index (κ1) is 23.3. The van der Waals surface area contributed by atoms with Crippen LogP contribution in [-0.2, 0) is 6.54 Å². The van der Waals surface area contributed by atoms with Gasteiger partial charge in [0.1, 0.15) is 0 Å². The van der Waals surface area contributed by atoms with Crippen LogP contribution in [0.2, 0.25) is 0 Å². The number of carbonyl (C=O) groups is 1. The Labute approximate surface area is 208 Å². The Morgan fingerprint density at radius 1 is 0.886 bits per heavy atom. The number of rotatable bonds is 5. The van der Waals surface area contributed by atoms with Crippen molar-refractivity contribution in [2.45, 2.75) is 46.2 Å². The summed E-state index contributed by atoms with van der Waals surface area (Å²) in [6.45, 7) is 9.23. The van der Waals surface area contributed by atoms with Gasteiger partial charge in [0, 0.05) is 36.6 Å². The highest BCUT2D eigenvalue weighted by Gasteiger charge is 2.23. The number of nitrogens with zero attached hydrogens (tertiary/aromatic N) is 2. The first-order valence-corrected chi connectivity index (χ1v) is 12.5. The fraction of sp³-hybridized carbons (Fsp3) is 0.290. The second-order valence-corrected chi connectivity index (χ2v) is 9.83. The van der Waals surface area contributed by atoms with Crippen molar-refractivity contribution in [2.24, 2.45) is 0 Å².